The second kappa shape index (κ2) is 6.15. The summed E-state index contributed by atoms with van der Waals surface area (Å²) in [7, 11) is 2.07. The van der Waals surface area contributed by atoms with Gasteiger partial charge in [0.2, 0.25) is 5.91 Å². The predicted molar refractivity (Wildman–Crippen MR) is 75.5 cm³/mol. The highest BCUT2D eigenvalue weighted by molar-refractivity contribution is 5.81. The van der Waals surface area contributed by atoms with Gasteiger partial charge >= 0.3 is 0 Å². The van der Waals surface area contributed by atoms with Crippen LogP contribution in [0.5, 0.6) is 0 Å². The number of amides is 1. The minimum absolute atomic E-state index is 0.134. The molecular weight excluding hydrogens is 238 g/mol. The molecule has 2 rings (SSSR count). The molecule has 4 nitrogen and oxygen atoms in total. The average molecular weight is 261 g/mol. The molecule has 1 aromatic heterocycles. The number of rotatable bonds is 5. The molecule has 1 amide bonds. The maximum atomic E-state index is 11.8. The summed E-state index contributed by atoms with van der Waals surface area (Å²) < 4.78 is 0. The Labute approximate surface area is 115 Å². The second-order valence-electron chi connectivity index (χ2n) is 5.70. The van der Waals surface area contributed by atoms with Crippen LogP contribution in [-0.2, 0) is 11.2 Å². The van der Waals surface area contributed by atoms with Gasteiger partial charge in [-0.05, 0) is 57.3 Å². The SMILES string of the molecule is CN1CCCC(CCCc2cccnc2)(C(N)=O)C1. The van der Waals surface area contributed by atoms with E-state index in [1.807, 2.05) is 12.3 Å². The molecule has 0 bridgehead atoms. The van der Waals surface area contributed by atoms with Crippen molar-refractivity contribution in [3.8, 4) is 0 Å². The van der Waals surface area contributed by atoms with Crippen LogP contribution < -0.4 is 5.73 Å². The Morgan fingerprint density at radius 3 is 3.05 bits per heavy atom. The van der Waals surface area contributed by atoms with Crippen LogP contribution in [0.25, 0.3) is 0 Å². The maximum Gasteiger partial charge on any atom is 0.224 e. The van der Waals surface area contributed by atoms with Crippen molar-refractivity contribution in [1.29, 1.82) is 0 Å². The van der Waals surface area contributed by atoms with Crippen molar-refractivity contribution in [3.05, 3.63) is 30.1 Å². The van der Waals surface area contributed by atoms with Crippen LogP contribution in [0.4, 0.5) is 0 Å². The number of hydrogen-bond acceptors (Lipinski definition) is 3. The van der Waals surface area contributed by atoms with Gasteiger partial charge in [-0.15, -0.1) is 0 Å². The quantitative estimate of drug-likeness (QED) is 0.876. The lowest BCUT2D eigenvalue weighted by Crippen LogP contribution is -2.49. The zero-order valence-electron chi connectivity index (χ0n) is 11.6. The van der Waals surface area contributed by atoms with Gasteiger partial charge in [0.25, 0.3) is 0 Å². The number of carbonyl (C=O) groups is 1. The Bertz CT molecular complexity index is 421. The molecule has 4 heteroatoms. The fourth-order valence-corrected chi connectivity index (χ4v) is 3.07. The molecule has 1 aromatic rings. The van der Waals surface area contributed by atoms with E-state index in [2.05, 4.69) is 23.0 Å². The van der Waals surface area contributed by atoms with Crippen LogP contribution in [0.15, 0.2) is 24.5 Å². The molecule has 1 fully saturated rings. The topological polar surface area (TPSA) is 59.2 Å². The summed E-state index contributed by atoms with van der Waals surface area (Å²) in [5, 5.41) is 0. The third-order valence-electron chi connectivity index (χ3n) is 4.13. The molecule has 1 aliphatic rings. The van der Waals surface area contributed by atoms with Gasteiger partial charge in [0.05, 0.1) is 5.41 Å². The normalized spacial score (nSPS) is 24.3. The second-order valence-corrected chi connectivity index (χ2v) is 5.70. The number of pyridine rings is 1. The highest BCUT2D eigenvalue weighted by atomic mass is 16.1. The maximum absolute atomic E-state index is 11.8. The summed E-state index contributed by atoms with van der Waals surface area (Å²) in [6, 6.07) is 4.03. The molecule has 1 atom stereocenters. The Balaban J connectivity index is 1.92. The largest absolute Gasteiger partial charge is 0.369 e. The predicted octanol–water partition coefficient (Wildman–Crippen LogP) is 1.60. The van der Waals surface area contributed by atoms with E-state index in [-0.39, 0.29) is 11.3 Å². The average Bonchev–Trinajstić information content (AvgIpc) is 2.40. The summed E-state index contributed by atoms with van der Waals surface area (Å²) in [6.45, 7) is 1.87. The number of nitrogens with two attached hydrogens (primary N) is 1. The molecule has 0 spiro atoms. The molecular formula is C15H23N3O. The number of hydrogen-bond donors (Lipinski definition) is 1. The van der Waals surface area contributed by atoms with E-state index in [9.17, 15) is 4.79 Å². The minimum atomic E-state index is -0.324. The third-order valence-corrected chi connectivity index (χ3v) is 4.13. The molecule has 1 saturated heterocycles. The van der Waals surface area contributed by atoms with E-state index in [0.29, 0.717) is 0 Å². The van der Waals surface area contributed by atoms with Crippen molar-refractivity contribution >= 4 is 5.91 Å². The Hall–Kier alpha value is -1.42. The number of primary amides is 1. The number of aromatic nitrogens is 1. The van der Waals surface area contributed by atoms with Gasteiger partial charge in [-0.1, -0.05) is 6.07 Å². The number of piperidine rings is 1. The van der Waals surface area contributed by atoms with Crippen molar-refractivity contribution in [2.45, 2.75) is 32.1 Å². The first-order chi connectivity index (χ1) is 9.12. The van der Waals surface area contributed by atoms with Crippen molar-refractivity contribution in [1.82, 2.24) is 9.88 Å². The van der Waals surface area contributed by atoms with Crippen molar-refractivity contribution in [2.75, 3.05) is 20.1 Å². The smallest absolute Gasteiger partial charge is 0.224 e. The van der Waals surface area contributed by atoms with E-state index in [1.165, 1.54) is 5.56 Å². The molecule has 1 aliphatic heterocycles. The molecule has 19 heavy (non-hydrogen) atoms. The Kier molecular flexibility index (Phi) is 4.53. The summed E-state index contributed by atoms with van der Waals surface area (Å²) in [6.07, 6.45) is 8.50. The first kappa shape index (κ1) is 14.0. The van der Waals surface area contributed by atoms with E-state index < -0.39 is 0 Å². The summed E-state index contributed by atoms with van der Waals surface area (Å²) in [4.78, 5) is 18.2. The fraction of sp³-hybridized carbons (Fsp3) is 0.600. The zero-order chi connectivity index (χ0) is 13.7. The Morgan fingerprint density at radius 1 is 1.58 bits per heavy atom. The van der Waals surface area contributed by atoms with Gasteiger partial charge in [-0.25, -0.2) is 0 Å². The molecule has 0 saturated carbocycles. The standard InChI is InChI=1S/C15H23N3O/c1-18-10-4-8-15(12-18,14(16)19)7-2-5-13-6-3-9-17-11-13/h3,6,9,11H,2,4-5,7-8,10,12H2,1H3,(H2,16,19). The third kappa shape index (κ3) is 3.53. The van der Waals surface area contributed by atoms with E-state index >= 15 is 0 Å². The Morgan fingerprint density at radius 2 is 2.42 bits per heavy atom. The van der Waals surface area contributed by atoms with Crippen LogP contribution in [-0.4, -0.2) is 35.9 Å². The number of likely N-dealkylation sites (tertiary alicyclic amines) is 1. The summed E-state index contributed by atoms with van der Waals surface area (Å²) in [5.74, 6) is -0.134. The highest BCUT2D eigenvalue weighted by Crippen LogP contribution is 2.34. The van der Waals surface area contributed by atoms with Gasteiger partial charge in [0.1, 0.15) is 0 Å². The van der Waals surface area contributed by atoms with Crippen molar-refractivity contribution in [3.63, 3.8) is 0 Å². The molecule has 1 unspecified atom stereocenters. The molecule has 2 N–H and O–H groups in total. The van der Waals surface area contributed by atoms with Crippen molar-refractivity contribution in [2.24, 2.45) is 11.1 Å². The molecule has 0 aliphatic carbocycles. The van der Waals surface area contributed by atoms with Crippen LogP contribution in [0, 0.1) is 5.41 Å². The molecule has 104 valence electrons. The van der Waals surface area contributed by atoms with Gasteiger partial charge < -0.3 is 10.6 Å². The van der Waals surface area contributed by atoms with Crippen LogP contribution in [0.3, 0.4) is 0 Å². The molecule has 0 radical (unpaired) electrons. The first-order valence-electron chi connectivity index (χ1n) is 7.00. The van der Waals surface area contributed by atoms with E-state index in [4.69, 9.17) is 5.73 Å². The zero-order valence-corrected chi connectivity index (χ0v) is 11.6. The number of carbonyl (C=O) groups excluding carboxylic acids is 1. The highest BCUT2D eigenvalue weighted by Gasteiger charge is 2.39. The van der Waals surface area contributed by atoms with Gasteiger partial charge in [-0.3, -0.25) is 9.78 Å². The fourth-order valence-electron chi connectivity index (χ4n) is 3.07. The van der Waals surface area contributed by atoms with Crippen LogP contribution in [0.2, 0.25) is 0 Å². The summed E-state index contributed by atoms with van der Waals surface area (Å²) in [5.41, 5.74) is 6.57. The number of aryl methyl sites for hydroxylation is 1. The van der Waals surface area contributed by atoms with E-state index in [0.717, 1.165) is 45.2 Å². The number of nitrogens with zero attached hydrogens (tertiary/aromatic N) is 2. The molecule has 0 aromatic carbocycles. The van der Waals surface area contributed by atoms with E-state index in [1.54, 1.807) is 6.20 Å². The van der Waals surface area contributed by atoms with Gasteiger partial charge in [0.15, 0.2) is 0 Å². The minimum Gasteiger partial charge on any atom is -0.369 e. The van der Waals surface area contributed by atoms with Crippen LogP contribution >= 0.6 is 0 Å². The van der Waals surface area contributed by atoms with Crippen LogP contribution in [0.1, 0.15) is 31.2 Å². The molecule has 2 heterocycles. The lowest BCUT2D eigenvalue weighted by molar-refractivity contribution is -0.131. The summed E-state index contributed by atoms with van der Waals surface area (Å²) >= 11 is 0. The van der Waals surface area contributed by atoms with Gasteiger partial charge in [-0.2, -0.15) is 0 Å². The lowest BCUT2D eigenvalue weighted by Gasteiger charge is -2.39. The van der Waals surface area contributed by atoms with Gasteiger partial charge in [0, 0.05) is 18.9 Å². The lowest BCUT2D eigenvalue weighted by atomic mass is 9.75. The van der Waals surface area contributed by atoms with Crippen molar-refractivity contribution < 1.29 is 4.79 Å². The monoisotopic (exact) mass is 261 g/mol. The first-order valence-corrected chi connectivity index (χ1v) is 7.00.